The Morgan fingerprint density at radius 2 is 2.00 bits per heavy atom. The van der Waals surface area contributed by atoms with Gasteiger partial charge in [0.25, 0.3) is 11.8 Å². The van der Waals surface area contributed by atoms with Crippen molar-refractivity contribution in [1.29, 1.82) is 0 Å². The largest absolute Gasteiger partial charge is 0.339 e. The second-order valence-corrected chi connectivity index (χ2v) is 6.72. The summed E-state index contributed by atoms with van der Waals surface area (Å²) in [5, 5.41) is 0. The van der Waals surface area contributed by atoms with E-state index >= 15 is 0 Å². The van der Waals surface area contributed by atoms with E-state index in [1.165, 1.54) is 6.42 Å². The zero-order valence-electron chi connectivity index (χ0n) is 15.1. The van der Waals surface area contributed by atoms with Crippen molar-refractivity contribution in [3.05, 3.63) is 29.6 Å². The molecule has 0 radical (unpaired) electrons. The molecule has 5 heteroatoms. The van der Waals surface area contributed by atoms with Crippen molar-refractivity contribution in [1.82, 2.24) is 14.8 Å². The topological polar surface area (TPSA) is 53.5 Å². The molecular weight excluding hydrogens is 302 g/mol. The van der Waals surface area contributed by atoms with Crippen LogP contribution < -0.4 is 0 Å². The van der Waals surface area contributed by atoms with E-state index in [1.807, 2.05) is 9.80 Å². The molecule has 0 saturated carbocycles. The van der Waals surface area contributed by atoms with Gasteiger partial charge in [0.1, 0.15) is 5.69 Å². The van der Waals surface area contributed by atoms with E-state index in [4.69, 9.17) is 0 Å². The van der Waals surface area contributed by atoms with Gasteiger partial charge in [-0.25, -0.2) is 0 Å². The minimum Gasteiger partial charge on any atom is -0.339 e. The monoisotopic (exact) mass is 331 g/mol. The molecule has 0 aromatic carbocycles. The van der Waals surface area contributed by atoms with Gasteiger partial charge in [0.2, 0.25) is 0 Å². The lowest BCUT2D eigenvalue weighted by Gasteiger charge is -2.30. The van der Waals surface area contributed by atoms with Gasteiger partial charge in [-0.3, -0.25) is 14.6 Å². The van der Waals surface area contributed by atoms with Crippen LogP contribution in [0.4, 0.5) is 0 Å². The predicted molar refractivity (Wildman–Crippen MR) is 95.0 cm³/mol. The fourth-order valence-corrected chi connectivity index (χ4v) is 3.25. The number of pyridine rings is 1. The molecule has 1 aliphatic rings. The Kier molecular flexibility index (Phi) is 6.76. The molecule has 0 bridgehead atoms. The fourth-order valence-electron chi connectivity index (χ4n) is 3.25. The number of carbonyl (C=O) groups excluding carboxylic acids is 2. The molecule has 24 heavy (non-hydrogen) atoms. The molecule has 1 aliphatic heterocycles. The Morgan fingerprint density at radius 3 is 2.62 bits per heavy atom. The van der Waals surface area contributed by atoms with Gasteiger partial charge < -0.3 is 9.80 Å². The van der Waals surface area contributed by atoms with Crippen LogP contribution in [0.25, 0.3) is 0 Å². The average molecular weight is 331 g/mol. The van der Waals surface area contributed by atoms with Crippen LogP contribution in [0.3, 0.4) is 0 Å². The lowest BCUT2D eigenvalue weighted by atomic mass is 10.00. The van der Waals surface area contributed by atoms with Gasteiger partial charge in [0.05, 0.1) is 0 Å². The Balaban J connectivity index is 2.15. The second-order valence-electron chi connectivity index (χ2n) is 6.72. The van der Waals surface area contributed by atoms with Crippen molar-refractivity contribution in [3.8, 4) is 0 Å². The third-order valence-corrected chi connectivity index (χ3v) is 4.44. The highest BCUT2D eigenvalue weighted by atomic mass is 16.2. The van der Waals surface area contributed by atoms with E-state index < -0.39 is 0 Å². The molecule has 2 heterocycles. The van der Waals surface area contributed by atoms with Gasteiger partial charge in [0, 0.05) is 37.9 Å². The molecule has 2 rings (SSSR count). The predicted octanol–water partition coefficient (Wildman–Crippen LogP) is 3.22. The first-order chi connectivity index (χ1) is 11.6. The van der Waals surface area contributed by atoms with E-state index in [1.54, 1.807) is 18.3 Å². The molecule has 1 unspecified atom stereocenters. The molecule has 1 fully saturated rings. The summed E-state index contributed by atoms with van der Waals surface area (Å²) in [6, 6.07) is 3.36. The highest BCUT2D eigenvalue weighted by Crippen LogP contribution is 2.18. The van der Waals surface area contributed by atoms with Crippen molar-refractivity contribution in [2.45, 2.75) is 46.5 Å². The number of nitrogens with zero attached hydrogens (tertiary/aromatic N) is 3. The van der Waals surface area contributed by atoms with Crippen LogP contribution in [0.15, 0.2) is 18.3 Å². The smallest absolute Gasteiger partial charge is 0.272 e. The first-order valence-corrected chi connectivity index (χ1v) is 9.11. The zero-order valence-corrected chi connectivity index (χ0v) is 15.1. The molecule has 0 spiro atoms. The number of aromatic nitrogens is 1. The zero-order chi connectivity index (χ0) is 17.5. The summed E-state index contributed by atoms with van der Waals surface area (Å²) in [4.78, 5) is 33.3. The van der Waals surface area contributed by atoms with Crippen LogP contribution in [0.5, 0.6) is 0 Å². The Labute approximate surface area is 145 Å². The third-order valence-electron chi connectivity index (χ3n) is 4.44. The normalized spacial score (nSPS) is 17.6. The summed E-state index contributed by atoms with van der Waals surface area (Å²) < 4.78 is 0. The number of hydrogen-bond acceptors (Lipinski definition) is 3. The van der Waals surface area contributed by atoms with Crippen molar-refractivity contribution >= 4 is 11.8 Å². The number of hydrogen-bond donors (Lipinski definition) is 0. The van der Waals surface area contributed by atoms with Crippen LogP contribution in [0, 0.1) is 5.92 Å². The van der Waals surface area contributed by atoms with E-state index in [-0.39, 0.29) is 11.8 Å². The number of amides is 2. The lowest BCUT2D eigenvalue weighted by Crippen LogP contribution is -2.39. The first-order valence-electron chi connectivity index (χ1n) is 9.11. The molecule has 1 aromatic heterocycles. The Hall–Kier alpha value is -1.91. The van der Waals surface area contributed by atoms with Gasteiger partial charge in [-0.15, -0.1) is 0 Å². The van der Waals surface area contributed by atoms with E-state index in [0.717, 1.165) is 45.4 Å². The SMILES string of the molecule is CCCN(CCC)C(=O)c1ccnc(C(=O)N2CCCC(C)C2)c1. The van der Waals surface area contributed by atoms with Crippen LogP contribution in [0.2, 0.25) is 0 Å². The molecule has 2 amide bonds. The summed E-state index contributed by atoms with van der Waals surface area (Å²) in [5.74, 6) is 0.452. The van der Waals surface area contributed by atoms with Gasteiger partial charge in [-0.05, 0) is 43.7 Å². The van der Waals surface area contributed by atoms with Gasteiger partial charge in [0.15, 0.2) is 0 Å². The molecule has 1 atom stereocenters. The van der Waals surface area contributed by atoms with Crippen molar-refractivity contribution in [2.75, 3.05) is 26.2 Å². The molecule has 0 N–H and O–H groups in total. The van der Waals surface area contributed by atoms with Crippen LogP contribution in [-0.4, -0.2) is 52.8 Å². The van der Waals surface area contributed by atoms with Crippen molar-refractivity contribution in [2.24, 2.45) is 5.92 Å². The maximum Gasteiger partial charge on any atom is 0.272 e. The van der Waals surface area contributed by atoms with E-state index in [0.29, 0.717) is 17.2 Å². The number of rotatable bonds is 6. The Morgan fingerprint density at radius 1 is 1.29 bits per heavy atom. The van der Waals surface area contributed by atoms with Crippen LogP contribution in [0.1, 0.15) is 67.3 Å². The summed E-state index contributed by atoms with van der Waals surface area (Å²) in [6.07, 6.45) is 5.62. The van der Waals surface area contributed by atoms with Crippen LogP contribution in [-0.2, 0) is 0 Å². The maximum absolute atomic E-state index is 12.7. The van der Waals surface area contributed by atoms with Gasteiger partial charge >= 0.3 is 0 Å². The molecule has 1 aromatic rings. The molecule has 0 aliphatic carbocycles. The van der Waals surface area contributed by atoms with Crippen molar-refractivity contribution < 1.29 is 9.59 Å². The second kappa shape index (κ2) is 8.81. The lowest BCUT2D eigenvalue weighted by molar-refractivity contribution is 0.0677. The number of carbonyl (C=O) groups is 2. The molecule has 132 valence electrons. The molecule has 1 saturated heterocycles. The quantitative estimate of drug-likeness (QED) is 0.804. The Bertz CT molecular complexity index is 535. The minimum absolute atomic E-state index is 0.0119. The van der Waals surface area contributed by atoms with E-state index in [9.17, 15) is 9.59 Å². The summed E-state index contributed by atoms with van der Waals surface area (Å²) in [6.45, 7) is 9.32. The van der Waals surface area contributed by atoms with E-state index in [2.05, 4.69) is 25.8 Å². The fraction of sp³-hybridized carbons (Fsp3) is 0.632. The maximum atomic E-state index is 12.7. The average Bonchev–Trinajstić information content (AvgIpc) is 2.60. The highest BCUT2D eigenvalue weighted by molar-refractivity contribution is 5.98. The van der Waals surface area contributed by atoms with Crippen LogP contribution >= 0.6 is 0 Å². The third kappa shape index (κ3) is 4.56. The molecular formula is C19H29N3O2. The minimum atomic E-state index is -0.0614. The van der Waals surface area contributed by atoms with Gasteiger partial charge in [-0.1, -0.05) is 20.8 Å². The van der Waals surface area contributed by atoms with Crippen molar-refractivity contribution in [3.63, 3.8) is 0 Å². The summed E-state index contributed by atoms with van der Waals surface area (Å²) >= 11 is 0. The highest BCUT2D eigenvalue weighted by Gasteiger charge is 2.24. The first kappa shape index (κ1) is 18.4. The summed E-state index contributed by atoms with van der Waals surface area (Å²) in [5.41, 5.74) is 0.934. The van der Waals surface area contributed by atoms with Gasteiger partial charge in [-0.2, -0.15) is 0 Å². The summed E-state index contributed by atoms with van der Waals surface area (Å²) in [7, 11) is 0. The molecule has 5 nitrogen and oxygen atoms in total. The number of likely N-dealkylation sites (tertiary alicyclic amines) is 1. The standard InChI is InChI=1S/C19H29N3O2/c1-4-10-21(11-5-2)18(23)16-8-9-20-17(13-16)19(24)22-12-6-7-15(3)14-22/h8-9,13,15H,4-7,10-12,14H2,1-3H3. The number of piperidine rings is 1.